The second kappa shape index (κ2) is 3.73. The van der Waals surface area contributed by atoms with Gasteiger partial charge in [-0.2, -0.15) is 0 Å². The van der Waals surface area contributed by atoms with Crippen LogP contribution in [-0.4, -0.2) is 20.6 Å². The minimum absolute atomic E-state index is 0.281. The second-order valence-corrected chi connectivity index (χ2v) is 4.28. The molecule has 86 valence electrons. The normalized spacial score (nSPS) is 18.6. The first-order valence-electron chi connectivity index (χ1n) is 5.35. The van der Waals surface area contributed by atoms with Crippen LogP contribution in [0.4, 0.5) is 0 Å². The molecule has 0 radical (unpaired) electrons. The van der Waals surface area contributed by atoms with Gasteiger partial charge < -0.3 is 5.11 Å². The molecular weight excluding hydrogens is 208 g/mol. The van der Waals surface area contributed by atoms with E-state index in [4.69, 9.17) is 0 Å². The summed E-state index contributed by atoms with van der Waals surface area (Å²) in [5.41, 5.74) is -0.741. The first-order chi connectivity index (χ1) is 7.56. The Morgan fingerprint density at radius 1 is 1.50 bits per heavy atom. The van der Waals surface area contributed by atoms with E-state index in [-0.39, 0.29) is 5.56 Å². The smallest absolute Gasteiger partial charge is 0.330 e. The molecular formula is C11H14N2O3. The van der Waals surface area contributed by atoms with Crippen molar-refractivity contribution in [1.29, 1.82) is 0 Å². The Hall–Kier alpha value is -1.65. The van der Waals surface area contributed by atoms with Crippen molar-refractivity contribution < 1.29 is 9.90 Å². The van der Waals surface area contributed by atoms with Crippen LogP contribution < -0.4 is 5.56 Å². The van der Waals surface area contributed by atoms with E-state index in [1.807, 2.05) is 0 Å². The number of aromatic nitrogens is 2. The largest absolute Gasteiger partial charge is 0.479 e. The SMILES string of the molecule is Cc1cc(=O)n(C2(C(=O)O)CCCC2)cn1. The van der Waals surface area contributed by atoms with E-state index in [0.29, 0.717) is 18.5 Å². The van der Waals surface area contributed by atoms with Crippen molar-refractivity contribution in [3.05, 3.63) is 28.4 Å². The number of aryl methyl sites for hydroxylation is 1. The molecule has 0 bridgehead atoms. The Labute approximate surface area is 92.7 Å². The van der Waals surface area contributed by atoms with E-state index in [9.17, 15) is 14.7 Å². The molecule has 1 saturated carbocycles. The highest BCUT2D eigenvalue weighted by Gasteiger charge is 2.43. The summed E-state index contributed by atoms with van der Waals surface area (Å²) in [6, 6.07) is 1.38. The lowest BCUT2D eigenvalue weighted by Gasteiger charge is -2.26. The van der Waals surface area contributed by atoms with Crippen LogP contribution in [0.2, 0.25) is 0 Å². The fourth-order valence-electron chi connectivity index (χ4n) is 2.33. The van der Waals surface area contributed by atoms with Gasteiger partial charge in [-0.05, 0) is 19.8 Å². The van der Waals surface area contributed by atoms with E-state index in [1.54, 1.807) is 6.92 Å². The number of nitrogens with zero attached hydrogens (tertiary/aromatic N) is 2. The van der Waals surface area contributed by atoms with Gasteiger partial charge >= 0.3 is 5.97 Å². The number of hydrogen-bond donors (Lipinski definition) is 1. The van der Waals surface area contributed by atoms with Gasteiger partial charge in [-0.1, -0.05) is 12.8 Å². The minimum atomic E-state index is -1.07. The Bertz CT molecular complexity index is 472. The molecule has 0 atom stereocenters. The van der Waals surface area contributed by atoms with E-state index in [2.05, 4.69) is 4.98 Å². The summed E-state index contributed by atoms with van der Waals surface area (Å²) in [5, 5.41) is 9.32. The third-order valence-corrected chi connectivity index (χ3v) is 3.24. The molecule has 0 amide bonds. The fourth-order valence-corrected chi connectivity index (χ4v) is 2.33. The van der Waals surface area contributed by atoms with Crippen LogP contribution in [-0.2, 0) is 10.3 Å². The average molecular weight is 222 g/mol. The summed E-state index contributed by atoms with van der Waals surface area (Å²) >= 11 is 0. The third kappa shape index (κ3) is 1.52. The molecule has 1 aliphatic rings. The van der Waals surface area contributed by atoms with Crippen LogP contribution in [0.5, 0.6) is 0 Å². The molecule has 1 fully saturated rings. The maximum absolute atomic E-state index is 11.8. The number of rotatable bonds is 2. The molecule has 0 saturated heterocycles. The topological polar surface area (TPSA) is 72.2 Å². The third-order valence-electron chi connectivity index (χ3n) is 3.24. The van der Waals surface area contributed by atoms with E-state index in [1.165, 1.54) is 17.0 Å². The first kappa shape index (κ1) is 10.9. The lowest BCUT2D eigenvalue weighted by atomic mass is 9.97. The van der Waals surface area contributed by atoms with Crippen LogP contribution in [0.15, 0.2) is 17.2 Å². The van der Waals surface area contributed by atoms with Crippen molar-refractivity contribution in [3.63, 3.8) is 0 Å². The van der Waals surface area contributed by atoms with Gasteiger partial charge in [0.05, 0.1) is 6.33 Å². The van der Waals surface area contributed by atoms with Crippen LogP contribution in [0.3, 0.4) is 0 Å². The number of carboxylic acid groups (broad SMARTS) is 1. The van der Waals surface area contributed by atoms with Gasteiger partial charge in [-0.15, -0.1) is 0 Å². The molecule has 0 aliphatic heterocycles. The predicted octanol–water partition coefficient (Wildman–Crippen LogP) is 0.906. The fraction of sp³-hybridized carbons (Fsp3) is 0.545. The van der Waals surface area contributed by atoms with E-state index in [0.717, 1.165) is 12.8 Å². The molecule has 2 rings (SSSR count). The molecule has 1 N–H and O–H groups in total. The quantitative estimate of drug-likeness (QED) is 0.807. The summed E-state index contributed by atoms with van der Waals surface area (Å²) in [7, 11) is 0. The van der Waals surface area contributed by atoms with Gasteiger partial charge in [0.1, 0.15) is 5.54 Å². The van der Waals surface area contributed by atoms with Crippen molar-refractivity contribution >= 4 is 5.97 Å². The Balaban J connectivity index is 2.56. The molecule has 0 spiro atoms. The summed E-state index contributed by atoms with van der Waals surface area (Å²) in [4.78, 5) is 27.2. The standard InChI is InChI=1S/C11H14N2O3/c1-8-6-9(14)13(7-12-8)11(10(15)16)4-2-3-5-11/h6-7H,2-5H2,1H3,(H,15,16). The van der Waals surface area contributed by atoms with Crippen molar-refractivity contribution in [2.75, 3.05) is 0 Å². The van der Waals surface area contributed by atoms with Crippen LogP contribution in [0.25, 0.3) is 0 Å². The number of carbonyl (C=O) groups is 1. The zero-order chi connectivity index (χ0) is 11.8. The maximum Gasteiger partial charge on any atom is 0.330 e. The van der Waals surface area contributed by atoms with E-state index >= 15 is 0 Å². The predicted molar refractivity (Wildman–Crippen MR) is 57.3 cm³/mol. The minimum Gasteiger partial charge on any atom is -0.479 e. The Morgan fingerprint density at radius 3 is 2.62 bits per heavy atom. The molecule has 1 aromatic rings. The van der Waals surface area contributed by atoms with Crippen molar-refractivity contribution in [3.8, 4) is 0 Å². The molecule has 16 heavy (non-hydrogen) atoms. The Morgan fingerprint density at radius 2 is 2.12 bits per heavy atom. The maximum atomic E-state index is 11.8. The molecule has 0 aromatic carbocycles. The highest BCUT2D eigenvalue weighted by molar-refractivity contribution is 5.77. The number of hydrogen-bond acceptors (Lipinski definition) is 3. The van der Waals surface area contributed by atoms with Crippen LogP contribution in [0.1, 0.15) is 31.4 Å². The number of aliphatic carboxylic acids is 1. The average Bonchev–Trinajstić information content (AvgIpc) is 2.67. The molecule has 5 nitrogen and oxygen atoms in total. The van der Waals surface area contributed by atoms with Crippen molar-refractivity contribution in [2.24, 2.45) is 0 Å². The summed E-state index contributed by atoms with van der Waals surface area (Å²) < 4.78 is 1.27. The van der Waals surface area contributed by atoms with Crippen LogP contribution >= 0.6 is 0 Å². The zero-order valence-corrected chi connectivity index (χ0v) is 9.14. The van der Waals surface area contributed by atoms with Crippen molar-refractivity contribution in [2.45, 2.75) is 38.1 Å². The van der Waals surface area contributed by atoms with Gasteiger partial charge in [0.2, 0.25) is 0 Å². The molecule has 1 aromatic heterocycles. The first-order valence-corrected chi connectivity index (χ1v) is 5.35. The van der Waals surface area contributed by atoms with Gasteiger partial charge in [0, 0.05) is 11.8 Å². The lowest BCUT2D eigenvalue weighted by Crippen LogP contribution is -2.45. The summed E-state index contributed by atoms with van der Waals surface area (Å²) in [6.45, 7) is 1.72. The van der Waals surface area contributed by atoms with Gasteiger partial charge in [-0.3, -0.25) is 9.36 Å². The van der Waals surface area contributed by atoms with Crippen LogP contribution in [0, 0.1) is 6.92 Å². The highest BCUT2D eigenvalue weighted by Crippen LogP contribution is 2.35. The second-order valence-electron chi connectivity index (χ2n) is 4.28. The van der Waals surface area contributed by atoms with Gasteiger partial charge in [-0.25, -0.2) is 9.78 Å². The molecule has 5 heteroatoms. The molecule has 0 unspecified atom stereocenters. The van der Waals surface area contributed by atoms with Gasteiger partial charge in [0.15, 0.2) is 0 Å². The summed E-state index contributed by atoms with van der Waals surface area (Å²) in [5.74, 6) is -0.933. The van der Waals surface area contributed by atoms with Crippen molar-refractivity contribution in [1.82, 2.24) is 9.55 Å². The molecule has 1 aliphatic carbocycles. The zero-order valence-electron chi connectivity index (χ0n) is 9.14. The molecule has 1 heterocycles. The van der Waals surface area contributed by atoms with Gasteiger partial charge in [0.25, 0.3) is 5.56 Å². The number of carboxylic acids is 1. The summed E-state index contributed by atoms with van der Waals surface area (Å²) in [6.07, 6.45) is 4.05. The lowest BCUT2D eigenvalue weighted by molar-refractivity contribution is -0.147. The van der Waals surface area contributed by atoms with E-state index < -0.39 is 11.5 Å². The monoisotopic (exact) mass is 222 g/mol. The highest BCUT2D eigenvalue weighted by atomic mass is 16.4. The Kier molecular flexibility index (Phi) is 2.53.